The fourth-order valence-electron chi connectivity index (χ4n) is 2.69. The molecular weight excluding hydrogens is 262 g/mol. The summed E-state index contributed by atoms with van der Waals surface area (Å²) >= 11 is 0. The SMILES string of the molecule is Cc1cc(C)c(C)c(OCCCC(C)(CO)NC(C)C)c1. The molecule has 0 fully saturated rings. The smallest absolute Gasteiger partial charge is 0.122 e. The molecule has 0 aliphatic carbocycles. The Hall–Kier alpha value is -1.06. The first-order valence-electron chi connectivity index (χ1n) is 7.86. The maximum Gasteiger partial charge on any atom is 0.122 e. The summed E-state index contributed by atoms with van der Waals surface area (Å²) in [7, 11) is 0. The monoisotopic (exact) mass is 293 g/mol. The van der Waals surface area contributed by atoms with Crippen LogP contribution in [0, 0.1) is 20.8 Å². The molecule has 120 valence electrons. The molecule has 0 aliphatic rings. The third-order valence-corrected chi connectivity index (χ3v) is 3.88. The van der Waals surface area contributed by atoms with E-state index < -0.39 is 0 Å². The van der Waals surface area contributed by atoms with Gasteiger partial charge >= 0.3 is 0 Å². The second-order valence-electron chi connectivity index (χ2n) is 6.67. The van der Waals surface area contributed by atoms with Crippen molar-refractivity contribution in [3.05, 3.63) is 28.8 Å². The third kappa shape index (κ3) is 5.68. The van der Waals surface area contributed by atoms with Crippen molar-refractivity contribution < 1.29 is 9.84 Å². The summed E-state index contributed by atoms with van der Waals surface area (Å²) in [6, 6.07) is 4.64. The van der Waals surface area contributed by atoms with Crippen molar-refractivity contribution in [2.24, 2.45) is 0 Å². The summed E-state index contributed by atoms with van der Waals surface area (Å²) in [6.07, 6.45) is 1.81. The van der Waals surface area contributed by atoms with Crippen molar-refractivity contribution in [3.8, 4) is 5.75 Å². The zero-order valence-corrected chi connectivity index (χ0v) is 14.4. The average molecular weight is 293 g/mol. The van der Waals surface area contributed by atoms with Crippen LogP contribution in [0.3, 0.4) is 0 Å². The number of benzene rings is 1. The van der Waals surface area contributed by atoms with Crippen LogP contribution < -0.4 is 10.1 Å². The third-order valence-electron chi connectivity index (χ3n) is 3.88. The van der Waals surface area contributed by atoms with E-state index in [0.29, 0.717) is 12.6 Å². The van der Waals surface area contributed by atoms with Gasteiger partial charge in [-0.3, -0.25) is 0 Å². The lowest BCUT2D eigenvalue weighted by Crippen LogP contribution is -2.49. The van der Waals surface area contributed by atoms with Crippen LogP contribution in [0.4, 0.5) is 0 Å². The lowest BCUT2D eigenvalue weighted by Gasteiger charge is -2.31. The van der Waals surface area contributed by atoms with E-state index >= 15 is 0 Å². The quantitative estimate of drug-likeness (QED) is 0.721. The highest BCUT2D eigenvalue weighted by Crippen LogP contribution is 2.24. The highest BCUT2D eigenvalue weighted by Gasteiger charge is 2.23. The van der Waals surface area contributed by atoms with Crippen LogP contribution in [0.2, 0.25) is 0 Å². The summed E-state index contributed by atoms with van der Waals surface area (Å²) in [5.74, 6) is 0.982. The molecule has 0 aliphatic heterocycles. The molecule has 0 heterocycles. The van der Waals surface area contributed by atoms with Gasteiger partial charge in [0.15, 0.2) is 0 Å². The summed E-state index contributed by atoms with van der Waals surface area (Å²) in [5.41, 5.74) is 3.49. The largest absolute Gasteiger partial charge is 0.493 e. The molecule has 0 saturated carbocycles. The van der Waals surface area contributed by atoms with Crippen molar-refractivity contribution in [1.29, 1.82) is 0 Å². The Kier molecular flexibility index (Phi) is 6.69. The van der Waals surface area contributed by atoms with Gasteiger partial charge in [0.1, 0.15) is 5.75 Å². The Morgan fingerprint density at radius 2 is 1.90 bits per heavy atom. The van der Waals surface area contributed by atoms with Gasteiger partial charge in [-0.15, -0.1) is 0 Å². The molecule has 0 radical (unpaired) electrons. The maximum absolute atomic E-state index is 9.56. The Labute approximate surface area is 129 Å². The highest BCUT2D eigenvalue weighted by atomic mass is 16.5. The fraction of sp³-hybridized carbons (Fsp3) is 0.667. The van der Waals surface area contributed by atoms with Crippen LogP contribution in [0.5, 0.6) is 5.75 Å². The van der Waals surface area contributed by atoms with Crippen LogP contribution >= 0.6 is 0 Å². The zero-order valence-electron chi connectivity index (χ0n) is 14.4. The predicted octanol–water partition coefficient (Wildman–Crippen LogP) is 3.52. The lowest BCUT2D eigenvalue weighted by molar-refractivity contribution is 0.147. The number of nitrogens with one attached hydrogen (secondary N) is 1. The van der Waals surface area contributed by atoms with E-state index in [9.17, 15) is 5.11 Å². The van der Waals surface area contributed by atoms with Gasteiger partial charge in [0.25, 0.3) is 0 Å². The number of aliphatic hydroxyl groups excluding tert-OH is 1. The zero-order chi connectivity index (χ0) is 16.0. The topological polar surface area (TPSA) is 41.5 Å². The van der Waals surface area contributed by atoms with Gasteiger partial charge in [-0.1, -0.05) is 19.9 Å². The molecule has 0 bridgehead atoms. The Morgan fingerprint density at radius 1 is 1.24 bits per heavy atom. The minimum Gasteiger partial charge on any atom is -0.493 e. The molecule has 3 nitrogen and oxygen atoms in total. The van der Waals surface area contributed by atoms with Crippen molar-refractivity contribution >= 4 is 0 Å². The number of hydrogen-bond acceptors (Lipinski definition) is 3. The average Bonchev–Trinajstić information content (AvgIpc) is 2.39. The Bertz CT molecular complexity index is 457. The van der Waals surface area contributed by atoms with E-state index in [-0.39, 0.29) is 12.1 Å². The molecule has 1 rings (SSSR count). The molecule has 0 aromatic heterocycles. The van der Waals surface area contributed by atoms with Crippen LogP contribution in [0.15, 0.2) is 12.1 Å². The number of hydrogen-bond donors (Lipinski definition) is 2. The summed E-state index contributed by atoms with van der Waals surface area (Å²) in [4.78, 5) is 0. The molecule has 2 N–H and O–H groups in total. The van der Waals surface area contributed by atoms with Gasteiger partial charge in [-0.25, -0.2) is 0 Å². The van der Waals surface area contributed by atoms with Crippen LogP contribution in [0.25, 0.3) is 0 Å². The second-order valence-corrected chi connectivity index (χ2v) is 6.67. The first-order chi connectivity index (χ1) is 9.77. The van der Waals surface area contributed by atoms with Gasteiger partial charge in [-0.2, -0.15) is 0 Å². The number of aryl methyl sites for hydroxylation is 2. The van der Waals surface area contributed by atoms with Gasteiger partial charge in [0.05, 0.1) is 13.2 Å². The van der Waals surface area contributed by atoms with Crippen LogP contribution in [-0.2, 0) is 0 Å². The van der Waals surface area contributed by atoms with Crippen LogP contribution in [0.1, 0.15) is 50.3 Å². The summed E-state index contributed by atoms with van der Waals surface area (Å²) in [5, 5.41) is 13.0. The first kappa shape index (κ1) is 18.0. The molecule has 1 unspecified atom stereocenters. The normalized spacial score (nSPS) is 14.3. The molecule has 1 aromatic rings. The van der Waals surface area contributed by atoms with E-state index in [1.807, 2.05) is 0 Å². The molecule has 21 heavy (non-hydrogen) atoms. The number of aliphatic hydroxyl groups is 1. The maximum atomic E-state index is 9.56. The van der Waals surface area contributed by atoms with E-state index in [4.69, 9.17) is 4.74 Å². The lowest BCUT2D eigenvalue weighted by atomic mass is 9.96. The van der Waals surface area contributed by atoms with E-state index in [2.05, 4.69) is 59.0 Å². The summed E-state index contributed by atoms with van der Waals surface area (Å²) in [6.45, 7) is 13.4. The van der Waals surface area contributed by atoms with Crippen LogP contribution in [-0.4, -0.2) is 29.9 Å². The Balaban J connectivity index is 2.51. The second kappa shape index (κ2) is 7.81. The number of ether oxygens (including phenoxy) is 1. The van der Waals surface area contributed by atoms with Gasteiger partial charge in [0, 0.05) is 11.6 Å². The molecule has 0 saturated heterocycles. The fourth-order valence-corrected chi connectivity index (χ4v) is 2.69. The van der Waals surface area contributed by atoms with Crippen molar-refractivity contribution in [2.75, 3.05) is 13.2 Å². The molecule has 0 spiro atoms. The van der Waals surface area contributed by atoms with Crippen molar-refractivity contribution in [1.82, 2.24) is 5.32 Å². The van der Waals surface area contributed by atoms with E-state index in [0.717, 1.165) is 18.6 Å². The first-order valence-corrected chi connectivity index (χ1v) is 7.86. The van der Waals surface area contributed by atoms with Crippen molar-refractivity contribution in [2.45, 2.75) is 66.0 Å². The molecule has 1 atom stereocenters. The molecular formula is C18H31NO2. The van der Waals surface area contributed by atoms with Crippen molar-refractivity contribution in [3.63, 3.8) is 0 Å². The molecule has 3 heteroatoms. The van der Waals surface area contributed by atoms with Gasteiger partial charge in [0.2, 0.25) is 0 Å². The minimum atomic E-state index is -0.227. The molecule has 1 aromatic carbocycles. The van der Waals surface area contributed by atoms with Gasteiger partial charge < -0.3 is 15.2 Å². The van der Waals surface area contributed by atoms with E-state index in [1.54, 1.807) is 0 Å². The molecule has 0 amide bonds. The summed E-state index contributed by atoms with van der Waals surface area (Å²) < 4.78 is 5.93. The highest BCUT2D eigenvalue weighted by molar-refractivity contribution is 5.41. The minimum absolute atomic E-state index is 0.147. The number of rotatable bonds is 8. The standard InChI is InChI=1S/C18H31NO2/c1-13(2)19-18(6,12-20)8-7-9-21-17-11-14(3)10-15(4)16(17)5/h10-11,13,19-20H,7-9,12H2,1-6H3. The van der Waals surface area contributed by atoms with Gasteiger partial charge in [-0.05, 0) is 63.3 Å². The van der Waals surface area contributed by atoms with E-state index in [1.165, 1.54) is 16.7 Å². The Morgan fingerprint density at radius 3 is 2.48 bits per heavy atom. The predicted molar refractivity (Wildman–Crippen MR) is 89.1 cm³/mol.